The standard InChI is InChI=1S/C27H23N3O2S2/c31-30(32)26-15-11-24(12-16-26)8-6-22-3-1-21(2-4-22)5-7-23-9-13-25(14-10-23)28-17-19-29(20-18-28)27(33)34/h1-4,9-16,27,33-34H,17-20H2. The van der Waals surface area contributed by atoms with E-state index in [0.717, 1.165) is 48.4 Å². The summed E-state index contributed by atoms with van der Waals surface area (Å²) in [5.74, 6) is 12.5. The van der Waals surface area contributed by atoms with Crippen LogP contribution in [0.5, 0.6) is 0 Å². The number of anilines is 1. The van der Waals surface area contributed by atoms with E-state index in [0.29, 0.717) is 0 Å². The third kappa shape index (κ3) is 6.36. The molecule has 0 aliphatic carbocycles. The van der Waals surface area contributed by atoms with Crippen LogP contribution in [0.25, 0.3) is 0 Å². The van der Waals surface area contributed by atoms with Gasteiger partial charge in [-0.2, -0.15) is 0 Å². The van der Waals surface area contributed by atoms with Crippen LogP contribution in [0.3, 0.4) is 0 Å². The Bertz CT molecular complexity index is 1260. The summed E-state index contributed by atoms with van der Waals surface area (Å²) < 4.78 is -0.00374. The maximum Gasteiger partial charge on any atom is 0.269 e. The van der Waals surface area contributed by atoms with Gasteiger partial charge in [-0.25, -0.2) is 0 Å². The molecule has 0 atom stereocenters. The van der Waals surface area contributed by atoms with Gasteiger partial charge in [0.2, 0.25) is 0 Å². The average molecular weight is 486 g/mol. The Hall–Kier alpha value is -3.36. The summed E-state index contributed by atoms with van der Waals surface area (Å²) in [4.78, 5) is 14.9. The Balaban J connectivity index is 1.35. The third-order valence-corrected chi connectivity index (χ3v) is 6.19. The second-order valence-electron chi connectivity index (χ2n) is 7.80. The highest BCUT2D eigenvalue weighted by Crippen LogP contribution is 2.19. The van der Waals surface area contributed by atoms with Crippen molar-refractivity contribution < 1.29 is 4.92 Å². The average Bonchev–Trinajstić information content (AvgIpc) is 2.87. The van der Waals surface area contributed by atoms with Gasteiger partial charge in [-0.05, 0) is 60.7 Å². The minimum absolute atomic E-state index is 0.00374. The van der Waals surface area contributed by atoms with Crippen LogP contribution < -0.4 is 4.90 Å². The predicted octanol–water partition coefficient (Wildman–Crippen LogP) is 4.66. The molecule has 1 heterocycles. The topological polar surface area (TPSA) is 49.6 Å². The molecule has 34 heavy (non-hydrogen) atoms. The van der Waals surface area contributed by atoms with E-state index in [1.165, 1.54) is 17.8 Å². The minimum Gasteiger partial charge on any atom is -0.369 e. The summed E-state index contributed by atoms with van der Waals surface area (Å²) in [6, 6.07) is 22.3. The molecule has 0 bridgehead atoms. The predicted molar refractivity (Wildman–Crippen MR) is 143 cm³/mol. The van der Waals surface area contributed by atoms with Crippen molar-refractivity contribution in [2.24, 2.45) is 0 Å². The lowest BCUT2D eigenvalue weighted by Crippen LogP contribution is -2.47. The first-order valence-electron chi connectivity index (χ1n) is 10.8. The molecule has 0 radical (unpaired) electrons. The lowest BCUT2D eigenvalue weighted by Gasteiger charge is -2.37. The molecule has 3 aromatic carbocycles. The van der Waals surface area contributed by atoms with Crippen LogP contribution >= 0.6 is 25.3 Å². The Morgan fingerprint density at radius 3 is 1.44 bits per heavy atom. The van der Waals surface area contributed by atoms with Gasteiger partial charge in [-0.3, -0.25) is 15.0 Å². The van der Waals surface area contributed by atoms with E-state index < -0.39 is 4.92 Å². The van der Waals surface area contributed by atoms with Gasteiger partial charge in [-0.15, -0.1) is 25.3 Å². The zero-order valence-electron chi connectivity index (χ0n) is 18.4. The lowest BCUT2D eigenvalue weighted by atomic mass is 10.1. The Morgan fingerprint density at radius 1 is 0.676 bits per heavy atom. The summed E-state index contributed by atoms with van der Waals surface area (Å²) in [5.41, 5.74) is 4.73. The van der Waals surface area contributed by atoms with Crippen molar-refractivity contribution >= 4 is 36.6 Å². The third-order valence-electron chi connectivity index (χ3n) is 5.54. The summed E-state index contributed by atoms with van der Waals surface area (Å²) >= 11 is 8.79. The second kappa shape index (κ2) is 11.2. The van der Waals surface area contributed by atoms with E-state index in [9.17, 15) is 10.1 Å². The van der Waals surface area contributed by atoms with Crippen LogP contribution in [0.15, 0.2) is 72.8 Å². The highest BCUT2D eigenvalue weighted by Gasteiger charge is 2.19. The number of hydrogen-bond acceptors (Lipinski definition) is 6. The molecule has 170 valence electrons. The fraction of sp³-hybridized carbons (Fsp3) is 0.185. The van der Waals surface area contributed by atoms with Crippen LogP contribution in [0.4, 0.5) is 11.4 Å². The number of benzene rings is 3. The number of piperazine rings is 1. The summed E-state index contributed by atoms with van der Waals surface area (Å²) in [5, 5.41) is 10.7. The number of hydrogen-bond donors (Lipinski definition) is 2. The molecular weight excluding hydrogens is 462 g/mol. The van der Waals surface area contributed by atoms with Gasteiger partial charge < -0.3 is 4.90 Å². The molecule has 4 rings (SSSR count). The van der Waals surface area contributed by atoms with Crippen molar-refractivity contribution in [1.82, 2.24) is 4.90 Å². The van der Waals surface area contributed by atoms with Crippen molar-refractivity contribution in [1.29, 1.82) is 0 Å². The molecule has 7 heteroatoms. The van der Waals surface area contributed by atoms with E-state index in [-0.39, 0.29) is 10.4 Å². The summed E-state index contributed by atoms with van der Waals surface area (Å²) in [7, 11) is 0. The molecular formula is C27H23N3O2S2. The van der Waals surface area contributed by atoms with Crippen LogP contribution in [-0.2, 0) is 0 Å². The van der Waals surface area contributed by atoms with Crippen LogP contribution in [-0.4, -0.2) is 40.7 Å². The van der Waals surface area contributed by atoms with E-state index in [1.807, 2.05) is 24.3 Å². The molecule has 1 fully saturated rings. The fourth-order valence-corrected chi connectivity index (χ4v) is 4.02. The first kappa shape index (κ1) is 23.8. The van der Waals surface area contributed by atoms with E-state index in [2.05, 4.69) is 83.0 Å². The van der Waals surface area contributed by atoms with Crippen LogP contribution in [0.1, 0.15) is 22.3 Å². The second-order valence-corrected chi connectivity index (χ2v) is 9.18. The smallest absolute Gasteiger partial charge is 0.269 e. The van der Waals surface area contributed by atoms with Gasteiger partial charge in [0.15, 0.2) is 0 Å². The molecule has 1 aliphatic rings. The molecule has 0 amide bonds. The molecule has 0 spiro atoms. The van der Waals surface area contributed by atoms with Crippen molar-refractivity contribution in [2.45, 2.75) is 4.71 Å². The number of nitro groups is 1. The number of nitro benzene ring substituents is 1. The van der Waals surface area contributed by atoms with E-state index in [1.54, 1.807) is 12.1 Å². The number of nitrogens with zero attached hydrogens (tertiary/aromatic N) is 3. The molecule has 3 aromatic rings. The SMILES string of the molecule is O=[N+]([O-])c1ccc(C#Cc2ccc(C#Cc3ccc(N4CCN(C(S)S)CC4)cc3)cc2)cc1. The molecule has 0 unspecified atom stereocenters. The van der Waals surface area contributed by atoms with Gasteiger partial charge in [0.1, 0.15) is 0 Å². The summed E-state index contributed by atoms with van der Waals surface area (Å²) in [6.45, 7) is 3.82. The minimum atomic E-state index is -0.421. The van der Waals surface area contributed by atoms with Crippen molar-refractivity contribution in [3.05, 3.63) is 105 Å². The van der Waals surface area contributed by atoms with Crippen LogP contribution in [0.2, 0.25) is 0 Å². The monoisotopic (exact) mass is 485 g/mol. The normalized spacial score (nSPS) is 13.6. The van der Waals surface area contributed by atoms with Gasteiger partial charge in [-0.1, -0.05) is 23.7 Å². The van der Waals surface area contributed by atoms with Gasteiger partial charge in [0.05, 0.1) is 9.63 Å². The number of rotatable bonds is 3. The maximum absolute atomic E-state index is 10.7. The fourth-order valence-electron chi connectivity index (χ4n) is 3.56. The quantitative estimate of drug-likeness (QED) is 0.186. The van der Waals surface area contributed by atoms with E-state index >= 15 is 0 Å². The van der Waals surface area contributed by atoms with Crippen molar-refractivity contribution in [2.75, 3.05) is 31.1 Å². The Labute approximate surface area is 210 Å². The largest absolute Gasteiger partial charge is 0.369 e. The molecule has 1 aliphatic heterocycles. The maximum atomic E-state index is 10.7. The Morgan fingerprint density at radius 2 is 1.06 bits per heavy atom. The first-order valence-corrected chi connectivity index (χ1v) is 11.8. The number of non-ortho nitro benzene ring substituents is 1. The highest BCUT2D eigenvalue weighted by atomic mass is 32.2. The van der Waals surface area contributed by atoms with Gasteiger partial charge in [0.25, 0.3) is 5.69 Å². The number of thiol groups is 2. The molecule has 1 saturated heterocycles. The highest BCUT2D eigenvalue weighted by molar-refractivity contribution is 7.99. The zero-order chi connectivity index (χ0) is 23.9. The summed E-state index contributed by atoms with van der Waals surface area (Å²) in [6.07, 6.45) is 0. The molecule has 0 aromatic heterocycles. The molecule has 5 nitrogen and oxygen atoms in total. The van der Waals surface area contributed by atoms with E-state index in [4.69, 9.17) is 0 Å². The lowest BCUT2D eigenvalue weighted by molar-refractivity contribution is -0.384. The van der Waals surface area contributed by atoms with Crippen molar-refractivity contribution in [3.63, 3.8) is 0 Å². The Kier molecular flexibility index (Phi) is 7.82. The van der Waals surface area contributed by atoms with Crippen LogP contribution in [0, 0.1) is 33.8 Å². The molecule has 0 N–H and O–H groups in total. The van der Waals surface area contributed by atoms with Gasteiger partial charge >= 0.3 is 0 Å². The molecule has 0 saturated carbocycles. The zero-order valence-corrected chi connectivity index (χ0v) is 20.2. The van der Waals surface area contributed by atoms with Crippen molar-refractivity contribution in [3.8, 4) is 23.7 Å². The first-order chi connectivity index (χ1) is 16.5. The van der Waals surface area contributed by atoms with Gasteiger partial charge in [0, 0.05) is 66.3 Å².